The lowest BCUT2D eigenvalue weighted by molar-refractivity contribution is 0.0850. The quantitative estimate of drug-likeness (QED) is 0.586. The standard InChI is InChI=1S/C22H23ClN4O3/c23-17-9-6-10-18(13-17)24-22(28)27-12-5-4-11-19(27)21-25-20(30-26-21)15-29-14-16-7-2-1-3-8-16/h1-3,6-10,13,19H,4-5,11-12,14-15H2,(H,24,28). The van der Waals surface area contributed by atoms with E-state index in [1.165, 1.54) is 0 Å². The average molecular weight is 427 g/mol. The molecule has 30 heavy (non-hydrogen) atoms. The first kappa shape index (κ1) is 20.4. The van der Waals surface area contributed by atoms with E-state index in [4.69, 9.17) is 20.9 Å². The van der Waals surface area contributed by atoms with Gasteiger partial charge in [0.2, 0.25) is 0 Å². The zero-order valence-corrected chi connectivity index (χ0v) is 17.2. The maximum atomic E-state index is 12.9. The van der Waals surface area contributed by atoms with Gasteiger partial charge in [-0.25, -0.2) is 4.79 Å². The summed E-state index contributed by atoms with van der Waals surface area (Å²) in [5.74, 6) is 0.913. The number of rotatable bonds is 6. The largest absolute Gasteiger partial charge is 0.367 e. The maximum absolute atomic E-state index is 12.9. The molecule has 1 aliphatic rings. The molecule has 1 N–H and O–H groups in total. The van der Waals surface area contributed by atoms with Crippen LogP contribution in [0.2, 0.25) is 5.02 Å². The molecular weight excluding hydrogens is 404 g/mol. The summed E-state index contributed by atoms with van der Waals surface area (Å²) in [7, 11) is 0. The van der Waals surface area contributed by atoms with Gasteiger partial charge >= 0.3 is 6.03 Å². The van der Waals surface area contributed by atoms with Gasteiger partial charge in [0.1, 0.15) is 6.61 Å². The number of aromatic nitrogens is 2. The monoisotopic (exact) mass is 426 g/mol. The summed E-state index contributed by atoms with van der Waals surface area (Å²) in [6.45, 7) is 1.32. The molecule has 8 heteroatoms. The van der Waals surface area contributed by atoms with Gasteiger partial charge in [0, 0.05) is 17.3 Å². The number of carbonyl (C=O) groups excluding carboxylic acids is 1. The second kappa shape index (κ2) is 9.73. The highest BCUT2D eigenvalue weighted by Crippen LogP contribution is 2.30. The van der Waals surface area contributed by atoms with Crippen molar-refractivity contribution < 1.29 is 14.1 Å². The lowest BCUT2D eigenvalue weighted by Gasteiger charge is -2.33. The van der Waals surface area contributed by atoms with Crippen LogP contribution in [0.5, 0.6) is 0 Å². The molecule has 2 aromatic carbocycles. The predicted molar refractivity (Wildman–Crippen MR) is 113 cm³/mol. The minimum Gasteiger partial charge on any atom is -0.367 e. The molecule has 1 aliphatic heterocycles. The van der Waals surface area contributed by atoms with E-state index >= 15 is 0 Å². The SMILES string of the molecule is O=C(Nc1cccc(Cl)c1)N1CCCCC1c1noc(COCc2ccccc2)n1. The van der Waals surface area contributed by atoms with Crippen LogP contribution in [0.1, 0.15) is 42.6 Å². The first-order valence-electron chi connectivity index (χ1n) is 9.96. The van der Waals surface area contributed by atoms with Gasteiger partial charge in [-0.1, -0.05) is 53.2 Å². The molecular formula is C22H23ClN4O3. The zero-order chi connectivity index (χ0) is 20.8. The van der Waals surface area contributed by atoms with Crippen LogP contribution in [-0.4, -0.2) is 27.6 Å². The van der Waals surface area contributed by atoms with Crippen LogP contribution in [0.4, 0.5) is 10.5 Å². The fraction of sp³-hybridized carbons (Fsp3) is 0.318. The Hall–Kier alpha value is -2.90. The number of urea groups is 1. The Kier molecular flexibility index (Phi) is 6.61. The van der Waals surface area contributed by atoms with E-state index in [0.717, 1.165) is 24.8 Å². The van der Waals surface area contributed by atoms with Crippen molar-refractivity contribution in [2.75, 3.05) is 11.9 Å². The second-order valence-corrected chi connectivity index (χ2v) is 7.61. The minimum absolute atomic E-state index is 0.200. The zero-order valence-electron chi connectivity index (χ0n) is 16.5. The van der Waals surface area contributed by atoms with Gasteiger partial charge in [-0.3, -0.25) is 0 Å². The number of piperidine rings is 1. The molecule has 1 atom stereocenters. The highest BCUT2D eigenvalue weighted by atomic mass is 35.5. The smallest absolute Gasteiger partial charge is 0.322 e. The molecule has 2 heterocycles. The van der Waals surface area contributed by atoms with E-state index in [2.05, 4.69) is 15.5 Å². The van der Waals surface area contributed by atoms with Crippen LogP contribution in [0, 0.1) is 0 Å². The maximum Gasteiger partial charge on any atom is 0.322 e. The second-order valence-electron chi connectivity index (χ2n) is 7.17. The van der Waals surface area contributed by atoms with Gasteiger partial charge in [-0.15, -0.1) is 0 Å². The fourth-order valence-electron chi connectivity index (χ4n) is 3.50. The first-order valence-corrected chi connectivity index (χ1v) is 10.3. The van der Waals surface area contributed by atoms with E-state index in [9.17, 15) is 4.79 Å². The van der Waals surface area contributed by atoms with E-state index in [-0.39, 0.29) is 18.7 Å². The molecule has 2 amide bonds. The molecule has 0 spiro atoms. The van der Waals surface area contributed by atoms with Crippen molar-refractivity contribution in [3.63, 3.8) is 0 Å². The molecule has 4 rings (SSSR count). The summed E-state index contributed by atoms with van der Waals surface area (Å²) in [6, 6.07) is 16.5. The lowest BCUT2D eigenvalue weighted by Crippen LogP contribution is -2.41. The first-order chi connectivity index (χ1) is 14.7. The van der Waals surface area contributed by atoms with Gasteiger partial charge in [-0.05, 0) is 43.0 Å². The number of hydrogen-bond donors (Lipinski definition) is 1. The Balaban J connectivity index is 1.38. The summed E-state index contributed by atoms with van der Waals surface area (Å²) >= 11 is 6.01. The third-order valence-electron chi connectivity index (χ3n) is 4.96. The number of amides is 2. The fourth-order valence-corrected chi connectivity index (χ4v) is 3.69. The van der Waals surface area contributed by atoms with Gasteiger partial charge in [0.15, 0.2) is 5.82 Å². The topological polar surface area (TPSA) is 80.5 Å². The van der Waals surface area contributed by atoms with Crippen molar-refractivity contribution in [3.8, 4) is 0 Å². The number of carbonyl (C=O) groups is 1. The molecule has 0 radical (unpaired) electrons. The van der Waals surface area contributed by atoms with Crippen LogP contribution in [-0.2, 0) is 18.0 Å². The van der Waals surface area contributed by atoms with Gasteiger partial charge in [0.05, 0.1) is 12.6 Å². The lowest BCUT2D eigenvalue weighted by atomic mass is 10.0. The molecule has 0 saturated carbocycles. The van der Waals surface area contributed by atoms with Crippen molar-refractivity contribution in [1.82, 2.24) is 15.0 Å². The molecule has 0 bridgehead atoms. The highest BCUT2D eigenvalue weighted by molar-refractivity contribution is 6.30. The number of anilines is 1. The molecule has 3 aromatic rings. The summed E-state index contributed by atoms with van der Waals surface area (Å²) in [4.78, 5) is 19.1. The highest BCUT2D eigenvalue weighted by Gasteiger charge is 2.31. The number of halogens is 1. The number of nitrogens with one attached hydrogen (secondary N) is 1. The van der Waals surface area contributed by atoms with Crippen molar-refractivity contribution in [3.05, 3.63) is 76.9 Å². The van der Waals surface area contributed by atoms with Crippen LogP contribution < -0.4 is 5.32 Å². The Morgan fingerprint density at radius 1 is 1.17 bits per heavy atom. The average Bonchev–Trinajstić information content (AvgIpc) is 3.23. The van der Waals surface area contributed by atoms with E-state index < -0.39 is 0 Å². The molecule has 1 unspecified atom stereocenters. The van der Waals surface area contributed by atoms with Crippen LogP contribution in [0.3, 0.4) is 0 Å². The molecule has 1 aromatic heterocycles. The van der Waals surface area contributed by atoms with Crippen LogP contribution in [0.25, 0.3) is 0 Å². The van der Waals surface area contributed by atoms with Gasteiger partial charge < -0.3 is 19.5 Å². The van der Waals surface area contributed by atoms with E-state index in [0.29, 0.717) is 35.6 Å². The number of ether oxygens (including phenoxy) is 1. The van der Waals surface area contributed by atoms with Crippen LogP contribution >= 0.6 is 11.6 Å². The van der Waals surface area contributed by atoms with E-state index in [1.807, 2.05) is 30.3 Å². The minimum atomic E-state index is -0.232. The van der Waals surface area contributed by atoms with E-state index in [1.54, 1.807) is 29.2 Å². The predicted octanol–water partition coefficient (Wildman–Crippen LogP) is 5.20. The molecule has 1 fully saturated rings. The van der Waals surface area contributed by atoms with Crippen molar-refractivity contribution >= 4 is 23.3 Å². The molecule has 156 valence electrons. The van der Waals surface area contributed by atoms with Gasteiger partial charge in [-0.2, -0.15) is 4.98 Å². The number of benzene rings is 2. The van der Waals surface area contributed by atoms with Gasteiger partial charge in [0.25, 0.3) is 5.89 Å². The Morgan fingerprint density at radius 3 is 2.87 bits per heavy atom. The summed E-state index contributed by atoms with van der Waals surface area (Å²) in [5, 5.41) is 7.58. The molecule has 7 nitrogen and oxygen atoms in total. The van der Waals surface area contributed by atoms with Crippen molar-refractivity contribution in [1.29, 1.82) is 0 Å². The Labute approximate surface area is 180 Å². The third kappa shape index (κ3) is 5.17. The summed E-state index contributed by atoms with van der Waals surface area (Å²) in [5.41, 5.74) is 1.73. The number of nitrogens with zero attached hydrogens (tertiary/aromatic N) is 3. The van der Waals surface area contributed by atoms with Crippen LogP contribution in [0.15, 0.2) is 59.1 Å². The summed E-state index contributed by atoms with van der Waals surface area (Å²) in [6.07, 6.45) is 2.72. The molecule has 0 aliphatic carbocycles. The van der Waals surface area contributed by atoms with Crippen molar-refractivity contribution in [2.45, 2.75) is 38.5 Å². The normalized spacial score (nSPS) is 16.4. The number of likely N-dealkylation sites (tertiary alicyclic amines) is 1. The third-order valence-corrected chi connectivity index (χ3v) is 5.19. The Bertz CT molecular complexity index is 979. The summed E-state index contributed by atoms with van der Waals surface area (Å²) < 4.78 is 11.0. The molecule has 1 saturated heterocycles. The Morgan fingerprint density at radius 2 is 2.03 bits per heavy atom. The van der Waals surface area contributed by atoms with Crippen molar-refractivity contribution in [2.24, 2.45) is 0 Å². The number of hydrogen-bond acceptors (Lipinski definition) is 5.